The van der Waals surface area contributed by atoms with Crippen molar-refractivity contribution in [2.75, 3.05) is 10.6 Å². The molecule has 0 saturated heterocycles. The third kappa shape index (κ3) is 1.12. The Morgan fingerprint density at radius 2 is 2.42 bits per heavy atom. The van der Waals surface area contributed by atoms with Gasteiger partial charge in [-0.15, -0.1) is 0 Å². The van der Waals surface area contributed by atoms with Crippen molar-refractivity contribution in [1.29, 1.82) is 0 Å². The van der Waals surface area contributed by atoms with Gasteiger partial charge in [-0.05, 0) is 19.1 Å². The molecular weight excluding hydrogens is 150 g/mol. The summed E-state index contributed by atoms with van der Waals surface area (Å²) >= 11 is 0. The van der Waals surface area contributed by atoms with Gasteiger partial charge in [0.25, 0.3) is 0 Å². The van der Waals surface area contributed by atoms with Crippen molar-refractivity contribution in [3.05, 3.63) is 23.8 Å². The monoisotopic (exact) mass is 163 g/mol. The van der Waals surface area contributed by atoms with E-state index in [1.54, 1.807) is 0 Å². The van der Waals surface area contributed by atoms with Gasteiger partial charge in [0.15, 0.2) is 0 Å². The van der Waals surface area contributed by atoms with E-state index in [0.717, 1.165) is 12.2 Å². The Morgan fingerprint density at radius 1 is 1.58 bits per heavy atom. The second-order valence-corrected chi connectivity index (χ2v) is 3.12. The third-order valence-corrected chi connectivity index (χ3v) is 2.01. The highest BCUT2D eigenvalue weighted by Crippen LogP contribution is 2.31. The zero-order valence-corrected chi connectivity index (χ0v) is 7.09. The molecule has 1 aliphatic rings. The van der Waals surface area contributed by atoms with Crippen LogP contribution < -0.4 is 16.4 Å². The molecule has 1 aromatic rings. The lowest BCUT2D eigenvalue weighted by molar-refractivity contribution is 0.845. The first-order valence-electron chi connectivity index (χ1n) is 4.15. The summed E-state index contributed by atoms with van der Waals surface area (Å²) < 4.78 is 0. The van der Waals surface area contributed by atoms with Crippen LogP contribution >= 0.6 is 0 Å². The maximum atomic E-state index is 5.64. The first-order valence-corrected chi connectivity index (χ1v) is 4.15. The second kappa shape index (κ2) is 2.68. The predicted molar refractivity (Wildman–Crippen MR) is 51.0 cm³/mol. The number of anilines is 2. The van der Waals surface area contributed by atoms with Crippen LogP contribution in [0.4, 0.5) is 11.4 Å². The maximum Gasteiger partial charge on any atom is 0.0714 e. The van der Waals surface area contributed by atoms with Crippen molar-refractivity contribution >= 4 is 11.4 Å². The van der Waals surface area contributed by atoms with E-state index < -0.39 is 0 Å². The van der Waals surface area contributed by atoms with Crippen LogP contribution in [0.3, 0.4) is 0 Å². The number of hydrogen-bond donors (Lipinski definition) is 3. The lowest BCUT2D eigenvalue weighted by atomic mass is 10.0. The van der Waals surface area contributed by atoms with Crippen LogP contribution in [0.15, 0.2) is 18.2 Å². The van der Waals surface area contributed by atoms with Crippen molar-refractivity contribution in [3.8, 4) is 0 Å². The summed E-state index contributed by atoms with van der Waals surface area (Å²) in [7, 11) is 0. The summed E-state index contributed by atoms with van der Waals surface area (Å²) in [6.07, 6.45) is 0.0112. The van der Waals surface area contributed by atoms with Gasteiger partial charge in [-0.1, -0.05) is 6.07 Å². The van der Waals surface area contributed by atoms with Crippen molar-refractivity contribution < 1.29 is 0 Å². The Hall–Kier alpha value is -1.22. The number of benzene rings is 1. The van der Waals surface area contributed by atoms with Gasteiger partial charge < -0.3 is 16.4 Å². The molecule has 4 N–H and O–H groups in total. The minimum absolute atomic E-state index is 0.0112. The Labute approximate surface area is 72.0 Å². The van der Waals surface area contributed by atoms with Crippen molar-refractivity contribution in [2.24, 2.45) is 5.73 Å². The van der Waals surface area contributed by atoms with Crippen molar-refractivity contribution in [1.82, 2.24) is 0 Å². The van der Waals surface area contributed by atoms with E-state index in [1.165, 1.54) is 11.3 Å². The molecule has 1 unspecified atom stereocenters. The fourth-order valence-corrected chi connectivity index (χ4v) is 1.40. The standard InChI is InChI=1S/C9H13N3/c1-6(10)12-9-4-2-3-8-7(9)5-11-8/h2-4,6,11-12H,5,10H2,1H3. The fourth-order valence-electron chi connectivity index (χ4n) is 1.40. The van der Waals surface area contributed by atoms with E-state index in [2.05, 4.69) is 22.8 Å². The molecule has 0 bridgehead atoms. The molecule has 12 heavy (non-hydrogen) atoms. The van der Waals surface area contributed by atoms with E-state index in [0.29, 0.717) is 0 Å². The number of hydrogen-bond acceptors (Lipinski definition) is 3. The summed E-state index contributed by atoms with van der Waals surface area (Å²) in [5, 5.41) is 6.42. The van der Waals surface area contributed by atoms with Gasteiger partial charge in [-0.25, -0.2) is 0 Å². The SMILES string of the molecule is CC(N)Nc1cccc2c1CN2. The molecule has 1 aromatic carbocycles. The molecule has 1 atom stereocenters. The van der Waals surface area contributed by atoms with Crippen molar-refractivity contribution in [3.63, 3.8) is 0 Å². The van der Waals surface area contributed by atoms with Gasteiger partial charge in [0.1, 0.15) is 0 Å². The molecule has 0 aromatic heterocycles. The van der Waals surface area contributed by atoms with Crippen LogP contribution in [-0.2, 0) is 6.54 Å². The zero-order chi connectivity index (χ0) is 8.55. The highest BCUT2D eigenvalue weighted by Gasteiger charge is 2.15. The van der Waals surface area contributed by atoms with Crippen LogP contribution in [0.1, 0.15) is 12.5 Å². The van der Waals surface area contributed by atoms with E-state index in [4.69, 9.17) is 5.73 Å². The molecule has 0 amide bonds. The van der Waals surface area contributed by atoms with Gasteiger partial charge in [0, 0.05) is 23.5 Å². The van der Waals surface area contributed by atoms with Gasteiger partial charge >= 0.3 is 0 Å². The quantitative estimate of drug-likeness (QED) is 0.576. The van der Waals surface area contributed by atoms with E-state index in [1.807, 2.05) is 13.0 Å². The normalized spacial score (nSPS) is 15.5. The molecule has 3 nitrogen and oxygen atoms in total. The van der Waals surface area contributed by atoms with Crippen molar-refractivity contribution in [2.45, 2.75) is 19.6 Å². The largest absolute Gasteiger partial charge is 0.380 e. The maximum absolute atomic E-state index is 5.64. The topological polar surface area (TPSA) is 50.1 Å². The number of fused-ring (bicyclic) bond motifs is 1. The average Bonchev–Trinajstić information content (AvgIpc) is 1.91. The lowest BCUT2D eigenvalue weighted by Gasteiger charge is -2.25. The Balaban J connectivity index is 2.26. The molecule has 0 spiro atoms. The summed E-state index contributed by atoms with van der Waals surface area (Å²) in [6.45, 7) is 2.89. The van der Waals surface area contributed by atoms with Crippen LogP contribution in [-0.4, -0.2) is 6.17 Å². The third-order valence-electron chi connectivity index (χ3n) is 2.01. The molecule has 0 saturated carbocycles. The summed E-state index contributed by atoms with van der Waals surface area (Å²) in [5.74, 6) is 0. The molecule has 0 fully saturated rings. The van der Waals surface area contributed by atoms with Crippen LogP contribution in [0, 0.1) is 0 Å². The molecule has 1 aliphatic heterocycles. The summed E-state index contributed by atoms with van der Waals surface area (Å²) in [6, 6.07) is 6.16. The van der Waals surface area contributed by atoms with Gasteiger partial charge in [-0.3, -0.25) is 0 Å². The Kier molecular flexibility index (Phi) is 1.66. The Bertz CT molecular complexity index is 294. The van der Waals surface area contributed by atoms with E-state index >= 15 is 0 Å². The Morgan fingerprint density at radius 3 is 3.00 bits per heavy atom. The van der Waals surface area contributed by atoms with Crippen LogP contribution in [0.25, 0.3) is 0 Å². The lowest BCUT2D eigenvalue weighted by Crippen LogP contribution is -2.27. The fraction of sp³-hybridized carbons (Fsp3) is 0.333. The van der Waals surface area contributed by atoms with Gasteiger partial charge in [0.05, 0.1) is 6.17 Å². The predicted octanol–water partition coefficient (Wildman–Crippen LogP) is 1.33. The van der Waals surface area contributed by atoms with E-state index in [-0.39, 0.29) is 6.17 Å². The molecule has 1 heterocycles. The van der Waals surface area contributed by atoms with Gasteiger partial charge in [-0.2, -0.15) is 0 Å². The van der Waals surface area contributed by atoms with E-state index in [9.17, 15) is 0 Å². The minimum atomic E-state index is 0.0112. The zero-order valence-electron chi connectivity index (χ0n) is 7.09. The number of rotatable bonds is 2. The smallest absolute Gasteiger partial charge is 0.0714 e. The first-order chi connectivity index (χ1) is 5.77. The molecule has 3 heteroatoms. The highest BCUT2D eigenvalue weighted by molar-refractivity contribution is 5.71. The summed E-state index contributed by atoms with van der Waals surface area (Å²) in [5.41, 5.74) is 9.36. The molecule has 0 aliphatic carbocycles. The molecule has 0 radical (unpaired) electrons. The molecule has 2 rings (SSSR count). The first kappa shape index (κ1) is 7.43. The van der Waals surface area contributed by atoms with Crippen LogP contribution in [0.5, 0.6) is 0 Å². The van der Waals surface area contributed by atoms with Crippen LogP contribution in [0.2, 0.25) is 0 Å². The second-order valence-electron chi connectivity index (χ2n) is 3.12. The summed E-state index contributed by atoms with van der Waals surface area (Å²) in [4.78, 5) is 0. The average molecular weight is 163 g/mol. The molecular formula is C9H13N3. The highest BCUT2D eigenvalue weighted by atomic mass is 15.0. The molecule has 64 valence electrons. The number of nitrogens with two attached hydrogens (primary N) is 1. The minimum Gasteiger partial charge on any atom is -0.380 e. The number of nitrogens with one attached hydrogen (secondary N) is 2. The van der Waals surface area contributed by atoms with Gasteiger partial charge in [0.2, 0.25) is 0 Å².